The first-order valence-electron chi connectivity index (χ1n) is 9.70. The van der Waals surface area contributed by atoms with Gasteiger partial charge in [-0.25, -0.2) is 4.79 Å². The van der Waals surface area contributed by atoms with Crippen LogP contribution in [0.15, 0.2) is 0 Å². The lowest BCUT2D eigenvalue weighted by molar-refractivity contribution is -0.142. The summed E-state index contributed by atoms with van der Waals surface area (Å²) in [7, 11) is 0. The molecular weight excluding hydrogens is 414 g/mol. The monoisotopic (exact) mass is 445 g/mol. The van der Waals surface area contributed by atoms with Crippen LogP contribution in [0, 0.1) is 5.92 Å². The second kappa shape index (κ2) is 13.9. The van der Waals surface area contributed by atoms with Crippen molar-refractivity contribution in [2.45, 2.75) is 64.1 Å². The van der Waals surface area contributed by atoms with E-state index in [0.717, 1.165) is 0 Å². The van der Waals surface area contributed by atoms with Crippen molar-refractivity contribution in [3.8, 4) is 0 Å². The van der Waals surface area contributed by atoms with Crippen molar-refractivity contribution in [2.24, 2.45) is 17.4 Å². The van der Waals surface area contributed by atoms with Gasteiger partial charge in [-0.3, -0.25) is 24.0 Å². The molecule has 0 aliphatic heterocycles. The van der Waals surface area contributed by atoms with Gasteiger partial charge in [-0.15, -0.1) is 0 Å². The highest BCUT2D eigenvalue weighted by Crippen LogP contribution is 2.08. The van der Waals surface area contributed by atoms with Gasteiger partial charge in [-0.05, 0) is 25.2 Å². The minimum absolute atomic E-state index is 0.0824. The third kappa shape index (κ3) is 12.2. The van der Waals surface area contributed by atoms with Crippen LogP contribution >= 0.6 is 0 Å². The van der Waals surface area contributed by atoms with Crippen molar-refractivity contribution < 1.29 is 39.0 Å². The average molecular weight is 445 g/mol. The van der Waals surface area contributed by atoms with Crippen LogP contribution in [-0.2, 0) is 28.8 Å². The van der Waals surface area contributed by atoms with E-state index in [1.165, 1.54) is 0 Å². The Morgan fingerprint density at radius 1 is 0.806 bits per heavy atom. The molecule has 0 aliphatic rings. The first kappa shape index (κ1) is 27.8. The zero-order chi connectivity index (χ0) is 24.1. The van der Waals surface area contributed by atoms with E-state index in [1.54, 1.807) is 13.8 Å². The first-order valence-corrected chi connectivity index (χ1v) is 9.70. The number of hydrogen-bond donors (Lipinski definition) is 7. The highest BCUT2D eigenvalue weighted by molar-refractivity contribution is 5.93. The first-order chi connectivity index (χ1) is 14.4. The lowest BCUT2D eigenvalue weighted by Gasteiger charge is -2.25. The second-order valence-corrected chi connectivity index (χ2v) is 7.35. The summed E-state index contributed by atoms with van der Waals surface area (Å²) in [6, 6.07) is -3.81. The fraction of sp³-hybridized carbons (Fsp3) is 0.667. The molecule has 0 saturated heterocycles. The lowest BCUT2D eigenvalue weighted by atomic mass is 10.0. The number of amides is 4. The lowest BCUT2D eigenvalue weighted by Crippen LogP contribution is -2.56. The van der Waals surface area contributed by atoms with Gasteiger partial charge in [0.05, 0.1) is 6.54 Å². The van der Waals surface area contributed by atoms with Crippen molar-refractivity contribution in [2.75, 3.05) is 6.54 Å². The number of carbonyl (C=O) groups is 6. The number of hydrogen-bond acceptors (Lipinski definition) is 7. The van der Waals surface area contributed by atoms with Crippen molar-refractivity contribution in [1.29, 1.82) is 0 Å². The molecule has 3 unspecified atom stereocenters. The van der Waals surface area contributed by atoms with Gasteiger partial charge >= 0.3 is 11.9 Å². The SMILES string of the molecule is CC(C)CC(NC(=O)C(CCC(=O)O)NC(=O)CN)C(=O)NC(CCC(N)=O)C(=O)O. The van der Waals surface area contributed by atoms with E-state index in [2.05, 4.69) is 16.0 Å². The molecule has 4 amide bonds. The Labute approximate surface area is 179 Å². The summed E-state index contributed by atoms with van der Waals surface area (Å²) in [6.45, 7) is 3.12. The summed E-state index contributed by atoms with van der Waals surface area (Å²) in [5, 5.41) is 25.1. The summed E-state index contributed by atoms with van der Waals surface area (Å²) in [4.78, 5) is 69.9. The Balaban J connectivity index is 5.39. The van der Waals surface area contributed by atoms with Gasteiger partial charge < -0.3 is 37.6 Å². The number of nitrogens with one attached hydrogen (secondary N) is 3. The van der Waals surface area contributed by atoms with E-state index < -0.39 is 66.7 Å². The largest absolute Gasteiger partial charge is 0.481 e. The maximum atomic E-state index is 12.6. The van der Waals surface area contributed by atoms with Crippen molar-refractivity contribution in [3.05, 3.63) is 0 Å². The third-order valence-electron chi connectivity index (χ3n) is 4.12. The van der Waals surface area contributed by atoms with Crippen LogP contribution in [0.25, 0.3) is 0 Å². The number of primary amides is 1. The van der Waals surface area contributed by atoms with Crippen LogP contribution in [0.4, 0.5) is 0 Å². The van der Waals surface area contributed by atoms with E-state index in [0.29, 0.717) is 0 Å². The molecule has 13 nitrogen and oxygen atoms in total. The Morgan fingerprint density at radius 3 is 1.77 bits per heavy atom. The molecule has 0 aromatic heterocycles. The predicted octanol–water partition coefficient (Wildman–Crippen LogP) is -2.34. The molecule has 31 heavy (non-hydrogen) atoms. The van der Waals surface area contributed by atoms with E-state index in [-0.39, 0.29) is 31.6 Å². The molecule has 0 spiro atoms. The highest BCUT2D eigenvalue weighted by Gasteiger charge is 2.30. The van der Waals surface area contributed by atoms with E-state index in [9.17, 15) is 33.9 Å². The molecule has 0 fully saturated rings. The molecule has 9 N–H and O–H groups in total. The Morgan fingerprint density at radius 2 is 1.32 bits per heavy atom. The maximum absolute atomic E-state index is 12.6. The fourth-order valence-electron chi connectivity index (χ4n) is 2.58. The van der Waals surface area contributed by atoms with Gasteiger partial charge in [0.15, 0.2) is 0 Å². The summed E-state index contributed by atoms with van der Waals surface area (Å²) in [5.74, 6) is -5.68. The number of carbonyl (C=O) groups excluding carboxylic acids is 4. The van der Waals surface area contributed by atoms with Crippen molar-refractivity contribution in [1.82, 2.24) is 16.0 Å². The molecule has 0 aromatic carbocycles. The van der Waals surface area contributed by atoms with Crippen LogP contribution in [0.2, 0.25) is 0 Å². The third-order valence-corrected chi connectivity index (χ3v) is 4.12. The van der Waals surface area contributed by atoms with E-state index in [1.807, 2.05) is 0 Å². The van der Waals surface area contributed by atoms with Crippen molar-refractivity contribution in [3.63, 3.8) is 0 Å². The maximum Gasteiger partial charge on any atom is 0.326 e. The molecule has 0 bridgehead atoms. The van der Waals surface area contributed by atoms with Crippen LogP contribution in [-0.4, -0.2) is 70.5 Å². The topological polar surface area (TPSA) is 231 Å². The number of nitrogens with two attached hydrogens (primary N) is 2. The van der Waals surface area contributed by atoms with Crippen LogP contribution in [0.1, 0.15) is 46.0 Å². The molecule has 0 rings (SSSR count). The molecule has 0 aromatic rings. The molecular formula is C18H31N5O8. The predicted molar refractivity (Wildman–Crippen MR) is 107 cm³/mol. The summed E-state index contributed by atoms with van der Waals surface area (Å²) in [5.41, 5.74) is 10.2. The standard InChI is InChI=1S/C18H31N5O8/c1-9(2)7-12(17(29)22-11(18(30)31)3-5-13(20)24)23-16(28)10(4-6-15(26)27)21-14(25)8-19/h9-12H,3-8,19H2,1-2H3,(H2,20,24)(H,21,25)(H,22,29)(H,23,28)(H,26,27)(H,30,31). The van der Waals surface area contributed by atoms with Gasteiger partial charge in [0.2, 0.25) is 23.6 Å². The number of aliphatic carboxylic acids is 2. The molecule has 0 saturated carbocycles. The zero-order valence-corrected chi connectivity index (χ0v) is 17.6. The normalized spacial score (nSPS) is 13.5. The summed E-state index contributed by atoms with van der Waals surface area (Å²) >= 11 is 0. The summed E-state index contributed by atoms with van der Waals surface area (Å²) in [6.07, 6.45) is -1.01. The van der Waals surface area contributed by atoms with Gasteiger partial charge in [-0.1, -0.05) is 13.8 Å². The van der Waals surface area contributed by atoms with Crippen LogP contribution < -0.4 is 27.4 Å². The number of rotatable bonds is 15. The Bertz CT molecular complexity index is 682. The van der Waals surface area contributed by atoms with Crippen LogP contribution in [0.3, 0.4) is 0 Å². The minimum atomic E-state index is -1.40. The van der Waals surface area contributed by atoms with E-state index >= 15 is 0 Å². The number of carboxylic acid groups (broad SMARTS) is 2. The molecule has 0 radical (unpaired) electrons. The second-order valence-electron chi connectivity index (χ2n) is 7.35. The molecule has 13 heteroatoms. The molecule has 3 atom stereocenters. The Hall–Kier alpha value is -3.22. The molecule has 0 heterocycles. The van der Waals surface area contributed by atoms with Gasteiger partial charge in [0.1, 0.15) is 18.1 Å². The van der Waals surface area contributed by atoms with Crippen molar-refractivity contribution >= 4 is 35.6 Å². The quantitative estimate of drug-likeness (QED) is 0.143. The van der Waals surface area contributed by atoms with Gasteiger partial charge in [0, 0.05) is 12.8 Å². The van der Waals surface area contributed by atoms with Gasteiger partial charge in [0.25, 0.3) is 0 Å². The van der Waals surface area contributed by atoms with E-state index in [4.69, 9.17) is 16.6 Å². The highest BCUT2D eigenvalue weighted by atomic mass is 16.4. The Kier molecular flexibility index (Phi) is 12.5. The fourth-order valence-corrected chi connectivity index (χ4v) is 2.58. The minimum Gasteiger partial charge on any atom is -0.481 e. The average Bonchev–Trinajstić information content (AvgIpc) is 2.66. The molecule has 176 valence electrons. The number of carboxylic acids is 2. The van der Waals surface area contributed by atoms with Gasteiger partial charge in [-0.2, -0.15) is 0 Å². The smallest absolute Gasteiger partial charge is 0.326 e. The molecule has 0 aliphatic carbocycles. The zero-order valence-electron chi connectivity index (χ0n) is 17.6. The van der Waals surface area contributed by atoms with Crippen LogP contribution in [0.5, 0.6) is 0 Å². The summed E-state index contributed by atoms with van der Waals surface area (Å²) < 4.78 is 0.